The molecule has 1 aromatic carbocycles. The first kappa shape index (κ1) is 15.5. The summed E-state index contributed by atoms with van der Waals surface area (Å²) in [4.78, 5) is 0.346. The van der Waals surface area contributed by atoms with Gasteiger partial charge in [-0.15, -0.1) is 0 Å². The Kier molecular flexibility index (Phi) is 4.52. The molecule has 0 radical (unpaired) electrons. The first-order valence-electron chi connectivity index (χ1n) is 7.05. The molecule has 0 spiro atoms. The molecule has 0 aromatic heterocycles. The van der Waals surface area contributed by atoms with Crippen LogP contribution < -0.4 is 0 Å². The molecule has 5 heteroatoms. The van der Waals surface area contributed by atoms with Crippen LogP contribution in [0.1, 0.15) is 32.3 Å². The minimum atomic E-state index is -3.37. The standard InChI is InChI=1S/C15H23NO3S/c1-15(2)8-10-16(11-9-15)20(18,19)14-5-3-13(4-6-14)7-12-17/h3-6,17H,7-12H2,1-2H3. The SMILES string of the molecule is CC1(C)CCN(S(=O)(=O)c2ccc(CCO)cc2)CC1. The predicted molar refractivity (Wildman–Crippen MR) is 79.0 cm³/mol. The van der Waals surface area contributed by atoms with Crippen LogP contribution in [0.4, 0.5) is 0 Å². The second-order valence-electron chi connectivity index (χ2n) is 6.19. The van der Waals surface area contributed by atoms with Crippen molar-refractivity contribution in [2.24, 2.45) is 5.41 Å². The lowest BCUT2D eigenvalue weighted by molar-refractivity contribution is 0.196. The zero-order valence-corrected chi connectivity index (χ0v) is 13.0. The number of sulfonamides is 1. The van der Waals surface area contributed by atoms with Crippen molar-refractivity contribution in [1.29, 1.82) is 0 Å². The fourth-order valence-electron chi connectivity index (χ4n) is 2.44. The predicted octanol–water partition coefficient (Wildman–Crippen LogP) is 2.03. The van der Waals surface area contributed by atoms with E-state index in [2.05, 4.69) is 13.8 Å². The van der Waals surface area contributed by atoms with Crippen molar-refractivity contribution in [2.75, 3.05) is 19.7 Å². The van der Waals surface area contributed by atoms with Gasteiger partial charge in [0, 0.05) is 19.7 Å². The average molecular weight is 297 g/mol. The summed E-state index contributed by atoms with van der Waals surface area (Å²) in [6.45, 7) is 5.62. The van der Waals surface area contributed by atoms with Crippen LogP contribution in [0.3, 0.4) is 0 Å². The topological polar surface area (TPSA) is 57.6 Å². The summed E-state index contributed by atoms with van der Waals surface area (Å²) in [6, 6.07) is 6.83. The molecule has 1 saturated heterocycles. The van der Waals surface area contributed by atoms with Gasteiger partial charge in [0.2, 0.25) is 10.0 Å². The lowest BCUT2D eigenvalue weighted by atomic mass is 9.83. The van der Waals surface area contributed by atoms with Crippen LogP contribution in [-0.4, -0.2) is 37.5 Å². The van der Waals surface area contributed by atoms with E-state index in [1.807, 2.05) is 0 Å². The molecule has 0 bridgehead atoms. The Morgan fingerprint density at radius 3 is 2.20 bits per heavy atom. The number of nitrogens with zero attached hydrogens (tertiary/aromatic N) is 1. The minimum Gasteiger partial charge on any atom is -0.396 e. The molecule has 1 aliphatic rings. The molecule has 1 fully saturated rings. The first-order chi connectivity index (χ1) is 9.35. The normalized spacial score (nSPS) is 19.9. The van der Waals surface area contributed by atoms with Gasteiger partial charge in [0.1, 0.15) is 0 Å². The third kappa shape index (κ3) is 3.40. The van der Waals surface area contributed by atoms with E-state index in [0.717, 1.165) is 18.4 Å². The summed E-state index contributed by atoms with van der Waals surface area (Å²) in [5, 5.41) is 8.88. The van der Waals surface area contributed by atoms with E-state index >= 15 is 0 Å². The average Bonchev–Trinajstić information content (AvgIpc) is 2.39. The molecular weight excluding hydrogens is 274 g/mol. The van der Waals surface area contributed by atoms with E-state index in [9.17, 15) is 8.42 Å². The molecule has 1 aromatic rings. The monoisotopic (exact) mass is 297 g/mol. The van der Waals surface area contributed by atoms with E-state index in [-0.39, 0.29) is 12.0 Å². The van der Waals surface area contributed by atoms with Crippen LogP contribution in [0.5, 0.6) is 0 Å². The molecule has 0 atom stereocenters. The Morgan fingerprint density at radius 2 is 1.70 bits per heavy atom. The number of rotatable bonds is 4. The molecule has 112 valence electrons. The Bertz CT molecular complexity index is 539. The fourth-order valence-corrected chi connectivity index (χ4v) is 3.88. The Balaban J connectivity index is 2.14. The van der Waals surface area contributed by atoms with Gasteiger partial charge in [-0.25, -0.2) is 8.42 Å². The molecule has 0 amide bonds. The molecule has 1 N–H and O–H groups in total. The van der Waals surface area contributed by atoms with Crippen molar-refractivity contribution in [3.05, 3.63) is 29.8 Å². The van der Waals surface area contributed by atoms with E-state index in [1.165, 1.54) is 0 Å². The number of hydrogen-bond donors (Lipinski definition) is 1. The maximum Gasteiger partial charge on any atom is 0.243 e. The smallest absolute Gasteiger partial charge is 0.243 e. The summed E-state index contributed by atoms with van der Waals surface area (Å²) in [5.74, 6) is 0. The Labute approximate surface area is 121 Å². The summed E-state index contributed by atoms with van der Waals surface area (Å²) in [6.07, 6.45) is 2.35. The number of aliphatic hydroxyl groups is 1. The molecule has 0 unspecified atom stereocenters. The van der Waals surface area contributed by atoms with Crippen molar-refractivity contribution < 1.29 is 13.5 Å². The highest BCUT2D eigenvalue weighted by Gasteiger charge is 2.32. The second kappa shape index (κ2) is 5.84. The van der Waals surface area contributed by atoms with Crippen LogP contribution in [0.2, 0.25) is 0 Å². The number of piperidine rings is 1. The number of hydrogen-bond acceptors (Lipinski definition) is 3. The summed E-state index contributed by atoms with van der Waals surface area (Å²) >= 11 is 0. The van der Waals surface area contributed by atoms with Crippen LogP contribution in [0.15, 0.2) is 29.2 Å². The van der Waals surface area contributed by atoms with Gasteiger partial charge >= 0.3 is 0 Å². The molecule has 20 heavy (non-hydrogen) atoms. The highest BCUT2D eigenvalue weighted by molar-refractivity contribution is 7.89. The van der Waals surface area contributed by atoms with Crippen molar-refractivity contribution in [2.45, 2.75) is 38.0 Å². The lowest BCUT2D eigenvalue weighted by Crippen LogP contribution is -2.41. The van der Waals surface area contributed by atoms with Crippen molar-refractivity contribution in [1.82, 2.24) is 4.31 Å². The van der Waals surface area contributed by atoms with Gasteiger partial charge in [-0.3, -0.25) is 0 Å². The first-order valence-corrected chi connectivity index (χ1v) is 8.49. The molecule has 1 aliphatic heterocycles. The zero-order chi connectivity index (χ0) is 14.8. The quantitative estimate of drug-likeness (QED) is 0.925. The van der Waals surface area contributed by atoms with E-state index in [1.54, 1.807) is 28.6 Å². The van der Waals surface area contributed by atoms with Crippen LogP contribution in [-0.2, 0) is 16.4 Å². The Hall–Kier alpha value is -0.910. The van der Waals surface area contributed by atoms with Gasteiger partial charge in [-0.2, -0.15) is 4.31 Å². The third-order valence-corrected chi connectivity index (χ3v) is 5.95. The highest BCUT2D eigenvalue weighted by Crippen LogP contribution is 2.32. The molecule has 4 nitrogen and oxygen atoms in total. The van der Waals surface area contributed by atoms with Gasteiger partial charge in [-0.1, -0.05) is 26.0 Å². The van der Waals surface area contributed by atoms with Gasteiger partial charge in [0.15, 0.2) is 0 Å². The molecule has 0 aliphatic carbocycles. The third-order valence-electron chi connectivity index (χ3n) is 4.04. The van der Waals surface area contributed by atoms with Crippen LogP contribution in [0, 0.1) is 5.41 Å². The largest absolute Gasteiger partial charge is 0.396 e. The summed E-state index contributed by atoms with van der Waals surface area (Å²) < 4.78 is 26.7. The van der Waals surface area contributed by atoms with Crippen LogP contribution in [0.25, 0.3) is 0 Å². The van der Waals surface area contributed by atoms with E-state index in [0.29, 0.717) is 24.4 Å². The number of benzene rings is 1. The molecular formula is C15H23NO3S. The van der Waals surface area contributed by atoms with E-state index in [4.69, 9.17) is 5.11 Å². The Morgan fingerprint density at radius 1 is 1.15 bits per heavy atom. The van der Waals surface area contributed by atoms with Crippen molar-refractivity contribution in [3.8, 4) is 0 Å². The van der Waals surface area contributed by atoms with Crippen molar-refractivity contribution in [3.63, 3.8) is 0 Å². The summed E-state index contributed by atoms with van der Waals surface area (Å²) in [5.41, 5.74) is 1.18. The maximum atomic E-state index is 12.5. The van der Waals surface area contributed by atoms with Crippen molar-refractivity contribution >= 4 is 10.0 Å². The van der Waals surface area contributed by atoms with E-state index < -0.39 is 10.0 Å². The molecule has 0 saturated carbocycles. The fraction of sp³-hybridized carbons (Fsp3) is 0.600. The highest BCUT2D eigenvalue weighted by atomic mass is 32.2. The zero-order valence-electron chi connectivity index (χ0n) is 12.2. The molecule has 1 heterocycles. The minimum absolute atomic E-state index is 0.0767. The lowest BCUT2D eigenvalue weighted by Gasteiger charge is -2.36. The van der Waals surface area contributed by atoms with Gasteiger partial charge in [0.05, 0.1) is 4.90 Å². The van der Waals surface area contributed by atoms with Crippen LogP contribution >= 0.6 is 0 Å². The molecule has 2 rings (SSSR count). The summed E-state index contributed by atoms with van der Waals surface area (Å²) in [7, 11) is -3.37. The maximum absolute atomic E-state index is 12.5. The van der Waals surface area contributed by atoms with Gasteiger partial charge < -0.3 is 5.11 Å². The second-order valence-corrected chi connectivity index (χ2v) is 8.12. The van der Waals surface area contributed by atoms with Gasteiger partial charge in [0.25, 0.3) is 0 Å². The van der Waals surface area contributed by atoms with Gasteiger partial charge in [-0.05, 0) is 42.4 Å². The number of aliphatic hydroxyl groups excluding tert-OH is 1.